The number of hydrogen-bond acceptors (Lipinski definition) is 1. The van der Waals surface area contributed by atoms with Crippen LogP contribution in [0.4, 0.5) is 0 Å². The van der Waals surface area contributed by atoms with Gasteiger partial charge in [0.15, 0.2) is 0 Å². The summed E-state index contributed by atoms with van der Waals surface area (Å²) in [4.78, 5) is 0. The first-order valence-electron chi connectivity index (χ1n) is 5.46. The monoisotopic (exact) mass is 236 g/mol. The predicted molar refractivity (Wildman–Crippen MR) is 68.5 cm³/mol. The van der Waals surface area contributed by atoms with Crippen LogP contribution in [0.2, 0.25) is 0 Å². The fourth-order valence-electron chi connectivity index (χ4n) is 1.19. The molecule has 0 amide bonds. The van der Waals surface area contributed by atoms with E-state index < -0.39 is 5.60 Å². The molecule has 1 aromatic carbocycles. The van der Waals surface area contributed by atoms with Crippen LogP contribution in [0.15, 0.2) is 30.3 Å². The Morgan fingerprint density at radius 2 is 2.00 bits per heavy atom. The molecule has 2 unspecified atom stereocenters. The lowest BCUT2D eigenvalue weighted by molar-refractivity contribution is 0.118. The number of halogens is 1. The van der Waals surface area contributed by atoms with E-state index in [0.29, 0.717) is 12.8 Å². The summed E-state index contributed by atoms with van der Waals surface area (Å²) in [6.07, 6.45) is 1.31. The second-order valence-electron chi connectivity index (χ2n) is 4.05. The normalized spacial score (nSPS) is 15.8. The summed E-state index contributed by atoms with van der Waals surface area (Å²) in [5.74, 6) is 5.69. The van der Waals surface area contributed by atoms with Gasteiger partial charge in [0.25, 0.3) is 0 Å². The minimum Gasteiger partial charge on any atom is -0.378 e. The van der Waals surface area contributed by atoms with E-state index in [9.17, 15) is 5.11 Å². The van der Waals surface area contributed by atoms with Crippen molar-refractivity contribution in [2.45, 2.75) is 37.7 Å². The number of aliphatic hydroxyl groups is 1. The molecule has 0 bridgehead atoms. The van der Waals surface area contributed by atoms with Gasteiger partial charge >= 0.3 is 0 Å². The van der Waals surface area contributed by atoms with Crippen molar-refractivity contribution in [3.05, 3.63) is 35.9 Å². The van der Waals surface area contributed by atoms with Crippen LogP contribution in [0.1, 0.15) is 25.8 Å². The summed E-state index contributed by atoms with van der Waals surface area (Å²) >= 11 is 6.09. The molecule has 1 aromatic rings. The van der Waals surface area contributed by atoms with Gasteiger partial charge in [0, 0.05) is 0 Å². The van der Waals surface area contributed by atoms with Crippen molar-refractivity contribution in [2.75, 3.05) is 0 Å². The maximum absolute atomic E-state index is 9.71. The largest absolute Gasteiger partial charge is 0.378 e. The molecule has 0 spiro atoms. The molecule has 0 saturated carbocycles. The molecule has 0 aliphatic heterocycles. The maximum atomic E-state index is 9.71. The van der Waals surface area contributed by atoms with Crippen molar-refractivity contribution in [2.24, 2.45) is 0 Å². The molecule has 0 aliphatic rings. The van der Waals surface area contributed by atoms with Crippen molar-refractivity contribution in [1.29, 1.82) is 0 Å². The van der Waals surface area contributed by atoms with E-state index >= 15 is 0 Å². The van der Waals surface area contributed by atoms with E-state index in [4.69, 9.17) is 11.6 Å². The highest BCUT2D eigenvalue weighted by Gasteiger charge is 2.13. The zero-order valence-electron chi connectivity index (χ0n) is 9.70. The molecule has 0 aromatic heterocycles. The van der Waals surface area contributed by atoms with E-state index in [1.165, 1.54) is 0 Å². The van der Waals surface area contributed by atoms with E-state index in [2.05, 4.69) is 11.8 Å². The average molecular weight is 237 g/mol. The Balaban J connectivity index is 2.57. The number of benzene rings is 1. The molecule has 0 fully saturated rings. The fourth-order valence-corrected chi connectivity index (χ4v) is 1.43. The third kappa shape index (κ3) is 4.70. The van der Waals surface area contributed by atoms with Gasteiger partial charge in [-0.15, -0.1) is 11.6 Å². The number of rotatable bonds is 3. The van der Waals surface area contributed by atoms with E-state index in [0.717, 1.165) is 5.56 Å². The Morgan fingerprint density at radius 3 is 2.56 bits per heavy atom. The van der Waals surface area contributed by atoms with Crippen LogP contribution < -0.4 is 0 Å². The smallest absolute Gasteiger partial charge is 0.122 e. The average Bonchev–Trinajstić information content (AvgIpc) is 2.28. The zero-order valence-corrected chi connectivity index (χ0v) is 10.5. The second-order valence-corrected chi connectivity index (χ2v) is 4.58. The van der Waals surface area contributed by atoms with Crippen LogP contribution in [0.5, 0.6) is 0 Å². The van der Waals surface area contributed by atoms with Crippen molar-refractivity contribution < 1.29 is 5.11 Å². The second kappa shape index (κ2) is 5.94. The molecule has 2 atom stereocenters. The Hall–Kier alpha value is -0.970. The molecular formula is C14H17ClO. The molecule has 16 heavy (non-hydrogen) atoms. The SMILES string of the molecule is CCC(C)(O)C#CC(Cl)Cc1ccccc1. The molecule has 0 heterocycles. The van der Waals surface area contributed by atoms with Gasteiger partial charge in [-0.1, -0.05) is 49.1 Å². The zero-order chi connectivity index (χ0) is 12.0. The van der Waals surface area contributed by atoms with Gasteiger partial charge in [-0.05, 0) is 25.3 Å². The summed E-state index contributed by atoms with van der Waals surface area (Å²) in [5.41, 5.74) is 0.233. The highest BCUT2D eigenvalue weighted by molar-refractivity contribution is 6.22. The van der Waals surface area contributed by atoms with Crippen molar-refractivity contribution in [3.63, 3.8) is 0 Å². The van der Waals surface area contributed by atoms with Gasteiger partial charge in [-0.3, -0.25) is 0 Å². The molecule has 1 N–H and O–H groups in total. The summed E-state index contributed by atoms with van der Waals surface area (Å²) in [7, 11) is 0. The van der Waals surface area contributed by atoms with Gasteiger partial charge in [0.2, 0.25) is 0 Å². The van der Waals surface area contributed by atoms with Crippen molar-refractivity contribution in [3.8, 4) is 11.8 Å². The van der Waals surface area contributed by atoms with Crippen LogP contribution in [-0.2, 0) is 6.42 Å². The van der Waals surface area contributed by atoms with Crippen molar-refractivity contribution in [1.82, 2.24) is 0 Å². The van der Waals surface area contributed by atoms with Gasteiger partial charge in [0.1, 0.15) is 5.60 Å². The summed E-state index contributed by atoms with van der Waals surface area (Å²) in [6, 6.07) is 9.98. The third-order valence-electron chi connectivity index (χ3n) is 2.44. The molecule has 1 nitrogen and oxygen atoms in total. The van der Waals surface area contributed by atoms with Crippen LogP contribution in [-0.4, -0.2) is 16.1 Å². The molecule has 0 saturated heterocycles. The molecule has 86 valence electrons. The van der Waals surface area contributed by atoms with Crippen LogP contribution >= 0.6 is 11.6 Å². The first kappa shape index (κ1) is 13.1. The Labute approximate surface area is 102 Å². The Kier molecular flexibility index (Phi) is 4.86. The van der Waals surface area contributed by atoms with Crippen molar-refractivity contribution >= 4 is 11.6 Å². The van der Waals surface area contributed by atoms with Gasteiger partial charge in [-0.2, -0.15) is 0 Å². The summed E-state index contributed by atoms with van der Waals surface area (Å²) < 4.78 is 0. The van der Waals surface area contributed by atoms with E-state index in [1.54, 1.807) is 6.92 Å². The fraction of sp³-hybridized carbons (Fsp3) is 0.429. The number of hydrogen-bond donors (Lipinski definition) is 1. The van der Waals surface area contributed by atoms with E-state index in [-0.39, 0.29) is 5.38 Å². The molecular weight excluding hydrogens is 220 g/mol. The molecule has 0 aliphatic carbocycles. The Bertz CT molecular complexity index is 373. The van der Waals surface area contributed by atoms with Crippen LogP contribution in [0.25, 0.3) is 0 Å². The lowest BCUT2D eigenvalue weighted by Crippen LogP contribution is -2.20. The molecule has 1 rings (SSSR count). The summed E-state index contributed by atoms with van der Waals surface area (Å²) in [6.45, 7) is 3.60. The minimum absolute atomic E-state index is 0.250. The lowest BCUT2D eigenvalue weighted by atomic mass is 10.0. The predicted octanol–water partition coefficient (Wildman–Crippen LogP) is 3.00. The van der Waals surface area contributed by atoms with E-state index in [1.807, 2.05) is 37.3 Å². The summed E-state index contributed by atoms with van der Waals surface area (Å²) in [5, 5.41) is 9.46. The maximum Gasteiger partial charge on any atom is 0.122 e. The van der Waals surface area contributed by atoms with Gasteiger partial charge in [0.05, 0.1) is 5.38 Å². The highest BCUT2D eigenvalue weighted by atomic mass is 35.5. The highest BCUT2D eigenvalue weighted by Crippen LogP contribution is 2.09. The minimum atomic E-state index is -0.927. The first-order chi connectivity index (χ1) is 7.53. The third-order valence-corrected chi connectivity index (χ3v) is 2.71. The molecule has 2 heteroatoms. The standard InChI is InChI=1S/C14H17ClO/c1-3-14(2,16)10-9-13(15)11-12-7-5-4-6-8-12/h4-8,13,16H,3,11H2,1-2H3. The topological polar surface area (TPSA) is 20.2 Å². The lowest BCUT2D eigenvalue weighted by Gasteiger charge is -2.12. The number of alkyl halides is 1. The quantitative estimate of drug-likeness (QED) is 0.632. The van der Waals surface area contributed by atoms with Crippen LogP contribution in [0, 0.1) is 11.8 Å². The Morgan fingerprint density at radius 1 is 1.38 bits per heavy atom. The first-order valence-corrected chi connectivity index (χ1v) is 5.90. The van der Waals surface area contributed by atoms with Crippen LogP contribution in [0.3, 0.4) is 0 Å². The van der Waals surface area contributed by atoms with Gasteiger partial charge < -0.3 is 5.11 Å². The molecule has 0 radical (unpaired) electrons. The van der Waals surface area contributed by atoms with Gasteiger partial charge in [-0.25, -0.2) is 0 Å².